The molecule has 0 aliphatic rings. The van der Waals surface area contributed by atoms with Gasteiger partial charge in [-0.2, -0.15) is 0 Å². The maximum Gasteiger partial charge on any atom is 0.123 e. The molecular formula is C14H21FO. The van der Waals surface area contributed by atoms with E-state index in [1.54, 1.807) is 12.1 Å². The van der Waals surface area contributed by atoms with Crippen LogP contribution in [0.1, 0.15) is 33.3 Å². The Balaban J connectivity index is 2.80. The zero-order valence-electron chi connectivity index (χ0n) is 10.5. The van der Waals surface area contributed by atoms with E-state index in [4.69, 9.17) is 0 Å². The van der Waals surface area contributed by atoms with Crippen LogP contribution in [0.25, 0.3) is 0 Å². The van der Waals surface area contributed by atoms with E-state index in [-0.39, 0.29) is 11.7 Å². The van der Waals surface area contributed by atoms with Crippen molar-refractivity contribution in [3.8, 4) is 0 Å². The van der Waals surface area contributed by atoms with E-state index in [1.807, 2.05) is 13.8 Å². The number of halogens is 1. The third-order valence-electron chi connectivity index (χ3n) is 3.08. The number of rotatable bonds is 4. The van der Waals surface area contributed by atoms with E-state index in [1.165, 1.54) is 12.1 Å². The molecule has 0 amide bonds. The molecule has 1 nitrogen and oxygen atoms in total. The number of aliphatic hydroxyl groups is 1. The summed E-state index contributed by atoms with van der Waals surface area (Å²) in [6.07, 6.45) is 0.779. The van der Waals surface area contributed by atoms with Gasteiger partial charge in [-0.15, -0.1) is 0 Å². The maximum atomic E-state index is 12.8. The van der Waals surface area contributed by atoms with E-state index in [0.29, 0.717) is 5.92 Å². The Hall–Kier alpha value is -0.890. The van der Waals surface area contributed by atoms with Crippen LogP contribution in [0.15, 0.2) is 24.3 Å². The van der Waals surface area contributed by atoms with Crippen LogP contribution >= 0.6 is 0 Å². The van der Waals surface area contributed by atoms with E-state index >= 15 is 0 Å². The fraction of sp³-hybridized carbons (Fsp3) is 0.571. The molecule has 0 saturated carbocycles. The van der Waals surface area contributed by atoms with Crippen LogP contribution < -0.4 is 0 Å². The molecule has 1 atom stereocenters. The average molecular weight is 224 g/mol. The van der Waals surface area contributed by atoms with Gasteiger partial charge in [0.2, 0.25) is 0 Å². The van der Waals surface area contributed by atoms with Gasteiger partial charge in [-0.25, -0.2) is 4.39 Å². The first-order valence-electron chi connectivity index (χ1n) is 5.77. The molecule has 2 heteroatoms. The van der Waals surface area contributed by atoms with Gasteiger partial charge in [0, 0.05) is 0 Å². The van der Waals surface area contributed by atoms with Gasteiger partial charge >= 0.3 is 0 Å². The second-order valence-electron chi connectivity index (χ2n) is 5.33. The Kier molecular flexibility index (Phi) is 4.09. The summed E-state index contributed by atoms with van der Waals surface area (Å²) in [6, 6.07) is 6.51. The van der Waals surface area contributed by atoms with Gasteiger partial charge in [0.05, 0.1) is 5.60 Å². The molecule has 0 spiro atoms. The van der Waals surface area contributed by atoms with Crippen LogP contribution in [-0.2, 0) is 6.42 Å². The Bertz CT molecular complexity index is 322. The molecule has 0 radical (unpaired) electrons. The molecule has 0 aliphatic heterocycles. The highest BCUT2D eigenvalue weighted by molar-refractivity contribution is 5.17. The molecule has 0 saturated heterocycles. The first-order valence-corrected chi connectivity index (χ1v) is 5.77. The van der Waals surface area contributed by atoms with E-state index in [9.17, 15) is 9.50 Å². The standard InChI is InChI=1S/C14H21FO/c1-10(2)13(14(3,4)16)9-11-5-7-12(15)8-6-11/h5-8,10,13,16H,9H2,1-4H3/t13-/m0/s1. The molecule has 1 N–H and O–H groups in total. The largest absolute Gasteiger partial charge is 0.390 e. The van der Waals surface area contributed by atoms with Gasteiger partial charge in [-0.05, 0) is 49.8 Å². The summed E-state index contributed by atoms with van der Waals surface area (Å²) in [5.74, 6) is 0.358. The minimum atomic E-state index is -0.706. The van der Waals surface area contributed by atoms with E-state index < -0.39 is 5.60 Å². The summed E-state index contributed by atoms with van der Waals surface area (Å²) < 4.78 is 12.8. The fourth-order valence-corrected chi connectivity index (χ4v) is 2.18. The van der Waals surface area contributed by atoms with Crippen LogP contribution in [0, 0.1) is 17.7 Å². The second kappa shape index (κ2) is 4.96. The summed E-state index contributed by atoms with van der Waals surface area (Å²) in [5, 5.41) is 10.1. The molecule has 90 valence electrons. The number of hydrogen-bond acceptors (Lipinski definition) is 1. The lowest BCUT2D eigenvalue weighted by Crippen LogP contribution is -2.36. The highest BCUT2D eigenvalue weighted by atomic mass is 19.1. The summed E-state index contributed by atoms with van der Waals surface area (Å²) in [5.41, 5.74) is 0.366. The van der Waals surface area contributed by atoms with Crippen LogP contribution in [0.4, 0.5) is 4.39 Å². The van der Waals surface area contributed by atoms with Gasteiger partial charge in [-0.3, -0.25) is 0 Å². The normalized spacial score (nSPS) is 14.2. The van der Waals surface area contributed by atoms with Crippen LogP contribution in [-0.4, -0.2) is 10.7 Å². The average Bonchev–Trinajstić information content (AvgIpc) is 2.14. The summed E-state index contributed by atoms with van der Waals surface area (Å²) >= 11 is 0. The van der Waals surface area contributed by atoms with Crippen LogP contribution in [0.3, 0.4) is 0 Å². The van der Waals surface area contributed by atoms with Gasteiger partial charge in [-0.1, -0.05) is 26.0 Å². The summed E-state index contributed by atoms with van der Waals surface area (Å²) in [4.78, 5) is 0. The van der Waals surface area contributed by atoms with Crippen molar-refractivity contribution in [2.45, 2.75) is 39.7 Å². The lowest BCUT2D eigenvalue weighted by Gasteiger charge is -2.32. The predicted molar refractivity (Wildman–Crippen MR) is 64.7 cm³/mol. The van der Waals surface area contributed by atoms with Crippen molar-refractivity contribution in [1.82, 2.24) is 0 Å². The lowest BCUT2D eigenvalue weighted by atomic mass is 9.78. The predicted octanol–water partition coefficient (Wildman–Crippen LogP) is 3.41. The van der Waals surface area contributed by atoms with E-state index in [2.05, 4.69) is 13.8 Å². The quantitative estimate of drug-likeness (QED) is 0.831. The van der Waals surface area contributed by atoms with Crippen molar-refractivity contribution in [3.63, 3.8) is 0 Å². The van der Waals surface area contributed by atoms with Crippen molar-refractivity contribution in [3.05, 3.63) is 35.6 Å². The van der Waals surface area contributed by atoms with Gasteiger partial charge in [0.15, 0.2) is 0 Å². The number of benzene rings is 1. The smallest absolute Gasteiger partial charge is 0.123 e. The molecule has 0 unspecified atom stereocenters. The Morgan fingerprint density at radius 2 is 1.69 bits per heavy atom. The maximum absolute atomic E-state index is 12.8. The molecule has 1 rings (SSSR count). The van der Waals surface area contributed by atoms with Crippen molar-refractivity contribution in [2.75, 3.05) is 0 Å². The Labute approximate surface area is 97.3 Å². The highest BCUT2D eigenvalue weighted by Gasteiger charge is 2.29. The highest BCUT2D eigenvalue weighted by Crippen LogP contribution is 2.28. The van der Waals surface area contributed by atoms with Crippen LogP contribution in [0.5, 0.6) is 0 Å². The first kappa shape index (κ1) is 13.2. The lowest BCUT2D eigenvalue weighted by molar-refractivity contribution is -0.00341. The fourth-order valence-electron chi connectivity index (χ4n) is 2.18. The monoisotopic (exact) mass is 224 g/mol. The third-order valence-corrected chi connectivity index (χ3v) is 3.08. The first-order chi connectivity index (χ1) is 7.30. The molecule has 1 aromatic rings. The molecule has 0 aliphatic carbocycles. The van der Waals surface area contributed by atoms with Crippen molar-refractivity contribution in [2.24, 2.45) is 11.8 Å². The molecule has 0 aromatic heterocycles. The molecule has 16 heavy (non-hydrogen) atoms. The van der Waals surface area contributed by atoms with Gasteiger partial charge in [0.1, 0.15) is 5.82 Å². The zero-order valence-corrected chi connectivity index (χ0v) is 10.5. The molecular weight excluding hydrogens is 203 g/mol. The zero-order chi connectivity index (χ0) is 12.3. The topological polar surface area (TPSA) is 20.2 Å². The minimum Gasteiger partial charge on any atom is -0.390 e. The Morgan fingerprint density at radius 1 is 1.19 bits per heavy atom. The summed E-state index contributed by atoms with van der Waals surface area (Å²) in [7, 11) is 0. The van der Waals surface area contributed by atoms with Crippen molar-refractivity contribution >= 4 is 0 Å². The third kappa shape index (κ3) is 3.60. The summed E-state index contributed by atoms with van der Waals surface area (Å²) in [6.45, 7) is 7.88. The SMILES string of the molecule is CC(C)[C@H](Cc1ccc(F)cc1)C(C)(C)O. The molecule has 1 aromatic carbocycles. The van der Waals surface area contributed by atoms with Gasteiger partial charge in [0.25, 0.3) is 0 Å². The number of hydrogen-bond donors (Lipinski definition) is 1. The van der Waals surface area contributed by atoms with Crippen molar-refractivity contribution in [1.29, 1.82) is 0 Å². The van der Waals surface area contributed by atoms with Crippen molar-refractivity contribution < 1.29 is 9.50 Å². The second-order valence-corrected chi connectivity index (χ2v) is 5.33. The Morgan fingerprint density at radius 3 is 2.06 bits per heavy atom. The molecule has 0 heterocycles. The minimum absolute atomic E-state index is 0.179. The van der Waals surface area contributed by atoms with E-state index in [0.717, 1.165) is 12.0 Å². The van der Waals surface area contributed by atoms with Gasteiger partial charge < -0.3 is 5.11 Å². The molecule has 0 fully saturated rings. The molecule has 0 bridgehead atoms. The van der Waals surface area contributed by atoms with Crippen LogP contribution in [0.2, 0.25) is 0 Å².